The van der Waals surface area contributed by atoms with Crippen LogP contribution in [0.3, 0.4) is 0 Å². The number of hydrogen-bond donors (Lipinski definition) is 0. The predicted molar refractivity (Wildman–Crippen MR) is 189 cm³/mol. The summed E-state index contributed by atoms with van der Waals surface area (Å²) in [6.07, 6.45) is 0. The van der Waals surface area contributed by atoms with Gasteiger partial charge >= 0.3 is 0 Å². The smallest absolute Gasteiger partial charge is 0.0713 e. The zero-order valence-corrected chi connectivity index (χ0v) is 25.3. The van der Waals surface area contributed by atoms with Crippen LogP contribution in [0.1, 0.15) is 27.8 Å². The SMILES string of the molecule is Cc1cccc(N(c2ccc(-c3ccccc3)cc2)c2ccc(C3(c4ccccc4)c4ccccc4-c4ccccc43)cc2)c1. The van der Waals surface area contributed by atoms with Gasteiger partial charge in [0.2, 0.25) is 0 Å². The quantitative estimate of drug-likeness (QED) is 0.191. The summed E-state index contributed by atoms with van der Waals surface area (Å²) in [6.45, 7) is 2.15. The van der Waals surface area contributed by atoms with Crippen molar-refractivity contribution in [2.45, 2.75) is 12.3 Å². The summed E-state index contributed by atoms with van der Waals surface area (Å²) in [6, 6.07) is 66.3. The van der Waals surface area contributed by atoms with Crippen LogP contribution in [0.15, 0.2) is 182 Å². The molecule has 1 aliphatic carbocycles. The second-order valence-electron chi connectivity index (χ2n) is 11.8. The molecule has 0 unspecified atom stereocenters. The van der Waals surface area contributed by atoms with E-state index in [0.717, 1.165) is 17.1 Å². The van der Waals surface area contributed by atoms with Crippen LogP contribution in [0.25, 0.3) is 22.3 Å². The fraction of sp³-hybridized carbons (Fsp3) is 0.0455. The van der Waals surface area contributed by atoms with Crippen LogP contribution in [0.5, 0.6) is 0 Å². The summed E-state index contributed by atoms with van der Waals surface area (Å²) in [5.74, 6) is 0. The minimum absolute atomic E-state index is 0.404. The Hall–Kier alpha value is -5.66. The topological polar surface area (TPSA) is 3.24 Å². The lowest BCUT2D eigenvalue weighted by Crippen LogP contribution is -2.28. The van der Waals surface area contributed by atoms with E-state index in [-0.39, 0.29) is 0 Å². The van der Waals surface area contributed by atoms with Crippen molar-refractivity contribution in [3.63, 3.8) is 0 Å². The zero-order valence-electron chi connectivity index (χ0n) is 25.3. The molecule has 0 bridgehead atoms. The van der Waals surface area contributed by atoms with E-state index in [0.29, 0.717) is 0 Å². The van der Waals surface area contributed by atoms with E-state index in [2.05, 4.69) is 194 Å². The van der Waals surface area contributed by atoms with Crippen molar-refractivity contribution >= 4 is 17.1 Å². The molecule has 0 aromatic heterocycles. The van der Waals surface area contributed by atoms with Gasteiger partial charge in [-0.3, -0.25) is 0 Å². The van der Waals surface area contributed by atoms with Crippen LogP contribution in [0, 0.1) is 6.92 Å². The molecule has 0 fully saturated rings. The van der Waals surface area contributed by atoms with E-state index in [1.54, 1.807) is 0 Å². The molecule has 7 aromatic rings. The van der Waals surface area contributed by atoms with Gasteiger partial charge in [-0.05, 0) is 93.4 Å². The number of anilines is 3. The minimum atomic E-state index is -0.404. The highest BCUT2D eigenvalue weighted by atomic mass is 15.1. The summed E-state index contributed by atoms with van der Waals surface area (Å²) < 4.78 is 0. The van der Waals surface area contributed by atoms with Gasteiger partial charge in [0.1, 0.15) is 0 Å². The van der Waals surface area contributed by atoms with Crippen LogP contribution in [-0.4, -0.2) is 0 Å². The highest BCUT2D eigenvalue weighted by Crippen LogP contribution is 2.56. The molecule has 0 atom stereocenters. The average Bonchev–Trinajstić information content (AvgIpc) is 3.41. The molecule has 0 spiro atoms. The van der Waals surface area contributed by atoms with Crippen molar-refractivity contribution < 1.29 is 0 Å². The fourth-order valence-corrected chi connectivity index (χ4v) is 7.22. The molecular weight excluding hydrogens is 542 g/mol. The first-order valence-corrected chi connectivity index (χ1v) is 15.6. The van der Waals surface area contributed by atoms with E-state index in [1.165, 1.54) is 50.1 Å². The first-order valence-electron chi connectivity index (χ1n) is 15.6. The third-order valence-corrected chi connectivity index (χ3v) is 9.21. The summed E-state index contributed by atoms with van der Waals surface area (Å²) in [4.78, 5) is 2.36. The Kier molecular flexibility index (Phi) is 6.65. The van der Waals surface area contributed by atoms with E-state index in [9.17, 15) is 0 Å². The summed E-state index contributed by atoms with van der Waals surface area (Å²) in [5, 5.41) is 0. The van der Waals surface area contributed by atoms with Crippen molar-refractivity contribution in [3.8, 4) is 22.3 Å². The van der Waals surface area contributed by atoms with Crippen molar-refractivity contribution in [2.24, 2.45) is 0 Å². The van der Waals surface area contributed by atoms with Crippen LogP contribution in [0.4, 0.5) is 17.1 Å². The molecule has 1 nitrogen and oxygen atoms in total. The number of rotatable bonds is 6. The molecule has 0 N–H and O–H groups in total. The maximum absolute atomic E-state index is 2.36. The van der Waals surface area contributed by atoms with Gasteiger partial charge in [-0.25, -0.2) is 0 Å². The molecule has 0 saturated carbocycles. The maximum Gasteiger partial charge on any atom is 0.0713 e. The number of hydrogen-bond acceptors (Lipinski definition) is 1. The Bertz CT molecular complexity index is 2050. The average molecular weight is 576 g/mol. The first kappa shape index (κ1) is 26.9. The second kappa shape index (κ2) is 11.1. The fourth-order valence-electron chi connectivity index (χ4n) is 7.22. The monoisotopic (exact) mass is 575 g/mol. The van der Waals surface area contributed by atoms with Gasteiger partial charge in [-0.15, -0.1) is 0 Å². The predicted octanol–water partition coefficient (Wildman–Crippen LogP) is 11.5. The van der Waals surface area contributed by atoms with Crippen molar-refractivity contribution in [3.05, 3.63) is 210 Å². The van der Waals surface area contributed by atoms with Gasteiger partial charge in [0.05, 0.1) is 5.41 Å². The van der Waals surface area contributed by atoms with Gasteiger partial charge < -0.3 is 4.90 Å². The molecule has 45 heavy (non-hydrogen) atoms. The highest BCUT2D eigenvalue weighted by Gasteiger charge is 2.45. The number of benzene rings is 7. The third-order valence-electron chi connectivity index (χ3n) is 9.21. The number of aryl methyl sites for hydroxylation is 1. The molecule has 0 aliphatic heterocycles. The van der Waals surface area contributed by atoms with Crippen molar-refractivity contribution in [1.82, 2.24) is 0 Å². The molecule has 1 aliphatic rings. The summed E-state index contributed by atoms with van der Waals surface area (Å²) >= 11 is 0. The Morgan fingerprint density at radius 2 is 0.867 bits per heavy atom. The lowest BCUT2D eigenvalue weighted by molar-refractivity contribution is 0.768. The van der Waals surface area contributed by atoms with Gasteiger partial charge in [-0.2, -0.15) is 0 Å². The molecule has 8 rings (SSSR count). The van der Waals surface area contributed by atoms with Gasteiger partial charge in [-0.1, -0.05) is 146 Å². The highest BCUT2D eigenvalue weighted by molar-refractivity contribution is 5.87. The Balaban J connectivity index is 1.28. The van der Waals surface area contributed by atoms with Gasteiger partial charge in [0.25, 0.3) is 0 Å². The summed E-state index contributed by atoms with van der Waals surface area (Å²) in [5.41, 5.74) is 14.5. The van der Waals surface area contributed by atoms with E-state index >= 15 is 0 Å². The number of fused-ring (bicyclic) bond motifs is 3. The Morgan fingerprint density at radius 3 is 1.47 bits per heavy atom. The largest absolute Gasteiger partial charge is 0.310 e. The molecule has 0 heterocycles. The van der Waals surface area contributed by atoms with E-state index in [1.807, 2.05) is 0 Å². The molecule has 0 saturated heterocycles. The number of nitrogens with zero attached hydrogens (tertiary/aromatic N) is 1. The zero-order chi connectivity index (χ0) is 30.2. The molecular formula is C44H33N. The normalized spacial score (nSPS) is 12.7. The van der Waals surface area contributed by atoms with Crippen LogP contribution >= 0.6 is 0 Å². The molecule has 1 heteroatoms. The first-order chi connectivity index (χ1) is 22.2. The minimum Gasteiger partial charge on any atom is -0.310 e. The third kappa shape index (κ3) is 4.48. The van der Waals surface area contributed by atoms with E-state index < -0.39 is 5.41 Å². The standard InChI is InChI=1S/C44H33N/c1-32-13-12-18-39(31-32)45(37-27-23-34(24-28-37)33-14-4-2-5-15-33)38-29-25-36(26-30-38)44(35-16-6-3-7-17-35)42-21-10-8-19-40(42)41-20-9-11-22-43(41)44/h2-31H,1H3. The van der Waals surface area contributed by atoms with E-state index in [4.69, 9.17) is 0 Å². The van der Waals surface area contributed by atoms with Gasteiger partial charge in [0, 0.05) is 17.1 Å². The molecule has 7 aromatic carbocycles. The molecule has 214 valence electrons. The van der Waals surface area contributed by atoms with Crippen LogP contribution < -0.4 is 4.90 Å². The van der Waals surface area contributed by atoms with Crippen molar-refractivity contribution in [1.29, 1.82) is 0 Å². The Morgan fingerprint density at radius 1 is 0.378 bits per heavy atom. The summed E-state index contributed by atoms with van der Waals surface area (Å²) in [7, 11) is 0. The lowest BCUT2D eigenvalue weighted by atomic mass is 9.68. The Labute approximate surface area is 265 Å². The van der Waals surface area contributed by atoms with Crippen LogP contribution in [-0.2, 0) is 5.41 Å². The second-order valence-corrected chi connectivity index (χ2v) is 11.8. The lowest BCUT2D eigenvalue weighted by Gasteiger charge is -2.34. The maximum atomic E-state index is 2.36. The van der Waals surface area contributed by atoms with Crippen molar-refractivity contribution in [2.75, 3.05) is 4.90 Å². The van der Waals surface area contributed by atoms with Gasteiger partial charge in [0.15, 0.2) is 0 Å². The molecule has 0 radical (unpaired) electrons. The van der Waals surface area contributed by atoms with Crippen LogP contribution in [0.2, 0.25) is 0 Å². The molecule has 0 amide bonds.